The van der Waals surface area contributed by atoms with Gasteiger partial charge in [-0.25, -0.2) is 15.0 Å². The van der Waals surface area contributed by atoms with Crippen LogP contribution < -0.4 is 19.6 Å². The number of nitrogens with one attached hydrogen (secondary N) is 1. The number of ether oxygens (including phenoxy) is 3. The van der Waals surface area contributed by atoms with E-state index in [4.69, 9.17) is 60.6 Å². The lowest BCUT2D eigenvalue weighted by molar-refractivity contribution is 0.0732. The second-order valence-corrected chi connectivity index (χ2v) is 11.5. The van der Waals surface area contributed by atoms with Crippen LogP contribution in [-0.2, 0) is 6.61 Å². The molecule has 1 N–H and O–H groups in total. The van der Waals surface area contributed by atoms with E-state index >= 15 is 0 Å². The largest absolute Gasteiger partial charge is 0.489 e. The molecule has 0 radical (unpaired) electrons. The molecule has 0 aliphatic heterocycles. The third kappa shape index (κ3) is 9.34. The molecule has 0 heterocycles. The van der Waals surface area contributed by atoms with Crippen molar-refractivity contribution in [1.82, 2.24) is 5.43 Å². The lowest BCUT2D eigenvalue weighted by Gasteiger charge is -2.11. The average molecular weight is 708 g/mol. The smallest absolute Gasteiger partial charge is 0.343 e. The van der Waals surface area contributed by atoms with E-state index in [0.29, 0.717) is 37.0 Å². The Bertz CT molecular complexity index is 1950. The number of nitrogens with zero attached hydrogens (tertiary/aromatic N) is 1. The van der Waals surface area contributed by atoms with E-state index in [1.165, 1.54) is 48.7 Å². The summed E-state index contributed by atoms with van der Waals surface area (Å²) in [5.41, 5.74) is 4.33. The Morgan fingerprint density at radius 2 is 1.17 bits per heavy atom. The molecule has 0 aliphatic carbocycles. The van der Waals surface area contributed by atoms with Crippen LogP contribution in [0.1, 0.15) is 42.2 Å². The number of hydrogen-bond acceptors (Lipinski definition) is 7. The number of hydrogen-bond donors (Lipinski definition) is 1. The Hall–Kier alpha value is -4.86. The van der Waals surface area contributed by atoms with Gasteiger partial charge >= 0.3 is 11.9 Å². The van der Waals surface area contributed by atoms with Crippen LogP contribution in [0.4, 0.5) is 0 Å². The maximum Gasteiger partial charge on any atom is 0.343 e. The van der Waals surface area contributed by atoms with Crippen molar-refractivity contribution in [2.24, 2.45) is 5.10 Å². The van der Waals surface area contributed by atoms with Gasteiger partial charge in [-0.3, -0.25) is 4.79 Å². The van der Waals surface area contributed by atoms with Crippen LogP contribution in [0.3, 0.4) is 0 Å². The molecule has 5 aromatic carbocycles. The Labute approximate surface area is 289 Å². The Kier molecular flexibility index (Phi) is 11.1. The molecule has 0 atom stereocenters. The third-order valence-corrected chi connectivity index (χ3v) is 7.54. The Morgan fingerprint density at radius 3 is 1.79 bits per heavy atom. The second kappa shape index (κ2) is 15.6. The molecule has 47 heavy (non-hydrogen) atoms. The van der Waals surface area contributed by atoms with E-state index in [9.17, 15) is 14.4 Å². The number of benzene rings is 5. The van der Waals surface area contributed by atoms with Crippen molar-refractivity contribution in [3.8, 4) is 17.2 Å². The van der Waals surface area contributed by atoms with E-state index in [1.54, 1.807) is 66.7 Å². The minimum atomic E-state index is -0.692. The molecule has 0 spiro atoms. The molecule has 0 fully saturated rings. The minimum Gasteiger partial charge on any atom is -0.489 e. The highest BCUT2D eigenvalue weighted by atomic mass is 35.5. The normalized spacial score (nSPS) is 10.8. The number of esters is 2. The molecule has 0 aromatic heterocycles. The van der Waals surface area contributed by atoms with Gasteiger partial charge in [0.15, 0.2) is 0 Å². The zero-order valence-corrected chi connectivity index (χ0v) is 27.1. The zero-order chi connectivity index (χ0) is 33.3. The van der Waals surface area contributed by atoms with Gasteiger partial charge in [0.2, 0.25) is 0 Å². The fraction of sp³-hybridized carbons (Fsp3) is 0.0286. The number of carbonyl (C=O) groups excluding carboxylic acids is 3. The van der Waals surface area contributed by atoms with E-state index in [0.717, 1.165) is 5.56 Å². The van der Waals surface area contributed by atoms with Crippen LogP contribution in [0, 0.1) is 0 Å². The van der Waals surface area contributed by atoms with Crippen molar-refractivity contribution in [1.29, 1.82) is 0 Å². The maximum absolute atomic E-state index is 12.9. The predicted octanol–water partition coefficient (Wildman–Crippen LogP) is 9.08. The van der Waals surface area contributed by atoms with Gasteiger partial charge in [-0.2, -0.15) is 5.10 Å². The van der Waals surface area contributed by atoms with Crippen LogP contribution >= 0.6 is 46.4 Å². The highest BCUT2D eigenvalue weighted by Crippen LogP contribution is 2.27. The van der Waals surface area contributed by atoms with Crippen molar-refractivity contribution in [2.45, 2.75) is 6.61 Å². The van der Waals surface area contributed by atoms with Gasteiger partial charge in [0.05, 0.1) is 17.3 Å². The summed E-state index contributed by atoms with van der Waals surface area (Å²) in [6.45, 7) is 0.218. The summed E-state index contributed by atoms with van der Waals surface area (Å²) < 4.78 is 16.8. The minimum absolute atomic E-state index is 0.0200. The summed E-state index contributed by atoms with van der Waals surface area (Å²) in [5.74, 6) is -1.18. The van der Waals surface area contributed by atoms with Gasteiger partial charge in [-0.1, -0.05) is 52.5 Å². The number of carbonyl (C=O) groups is 3. The highest BCUT2D eigenvalue weighted by Gasteiger charge is 2.15. The first kappa shape index (κ1) is 33.5. The molecular formula is C35H22Cl4N2O6. The molecule has 0 aliphatic rings. The van der Waals surface area contributed by atoms with Crippen molar-refractivity contribution in [3.05, 3.63) is 157 Å². The summed E-state index contributed by atoms with van der Waals surface area (Å²) in [5, 5.41) is 5.96. The lowest BCUT2D eigenvalue weighted by Crippen LogP contribution is -2.17. The van der Waals surface area contributed by atoms with Gasteiger partial charge in [0, 0.05) is 42.8 Å². The van der Waals surface area contributed by atoms with Gasteiger partial charge in [-0.05, 0) is 97.1 Å². The molecule has 0 saturated carbocycles. The van der Waals surface area contributed by atoms with E-state index in [2.05, 4.69) is 10.5 Å². The molecule has 0 saturated heterocycles. The zero-order valence-electron chi connectivity index (χ0n) is 24.1. The fourth-order valence-corrected chi connectivity index (χ4v) is 4.71. The summed E-state index contributed by atoms with van der Waals surface area (Å²) in [6, 6.07) is 28.2. The molecule has 0 unspecified atom stereocenters. The van der Waals surface area contributed by atoms with Gasteiger partial charge < -0.3 is 14.2 Å². The molecule has 1 amide bonds. The number of halogens is 4. The van der Waals surface area contributed by atoms with Crippen LogP contribution in [0.15, 0.2) is 114 Å². The molecule has 5 aromatic rings. The lowest BCUT2D eigenvalue weighted by atomic mass is 10.2. The summed E-state index contributed by atoms with van der Waals surface area (Å²) in [4.78, 5) is 38.3. The predicted molar refractivity (Wildman–Crippen MR) is 182 cm³/mol. The van der Waals surface area contributed by atoms with Crippen LogP contribution in [0.25, 0.3) is 0 Å². The first-order valence-electron chi connectivity index (χ1n) is 13.7. The highest BCUT2D eigenvalue weighted by molar-refractivity contribution is 6.35. The number of rotatable bonds is 10. The first-order valence-corrected chi connectivity index (χ1v) is 15.3. The van der Waals surface area contributed by atoms with Crippen molar-refractivity contribution < 1.29 is 28.6 Å². The first-order chi connectivity index (χ1) is 22.6. The topological polar surface area (TPSA) is 103 Å². The van der Waals surface area contributed by atoms with E-state index in [-0.39, 0.29) is 29.2 Å². The molecule has 8 nitrogen and oxygen atoms in total. The summed E-state index contributed by atoms with van der Waals surface area (Å²) in [6.07, 6.45) is 1.29. The second-order valence-electron chi connectivity index (χ2n) is 9.74. The van der Waals surface area contributed by atoms with Crippen LogP contribution in [-0.4, -0.2) is 24.1 Å². The fourth-order valence-electron chi connectivity index (χ4n) is 4.00. The SMILES string of the molecule is O=C(N/N=C/c1ccc(OC(=O)c2ccc(Cl)cc2)cc1OC(=O)c1ccc(Cl)cc1)c1ccc(OCc2ccc(Cl)cc2Cl)cc1. The third-order valence-electron chi connectivity index (χ3n) is 6.45. The number of amides is 1. The quantitative estimate of drug-likeness (QED) is 0.0672. The van der Waals surface area contributed by atoms with Gasteiger partial charge in [0.25, 0.3) is 5.91 Å². The average Bonchev–Trinajstić information content (AvgIpc) is 3.06. The molecular weight excluding hydrogens is 686 g/mol. The summed E-state index contributed by atoms with van der Waals surface area (Å²) >= 11 is 24.0. The molecule has 236 valence electrons. The molecule has 0 bridgehead atoms. The van der Waals surface area contributed by atoms with Crippen LogP contribution in [0.2, 0.25) is 20.1 Å². The van der Waals surface area contributed by atoms with Crippen molar-refractivity contribution in [3.63, 3.8) is 0 Å². The van der Waals surface area contributed by atoms with Crippen molar-refractivity contribution >= 4 is 70.5 Å². The Balaban J connectivity index is 1.27. The Morgan fingerprint density at radius 1 is 0.617 bits per heavy atom. The van der Waals surface area contributed by atoms with Crippen molar-refractivity contribution in [2.75, 3.05) is 0 Å². The monoisotopic (exact) mass is 706 g/mol. The van der Waals surface area contributed by atoms with E-state index in [1.807, 2.05) is 0 Å². The summed E-state index contributed by atoms with van der Waals surface area (Å²) in [7, 11) is 0. The van der Waals surface area contributed by atoms with Crippen LogP contribution in [0.5, 0.6) is 17.2 Å². The van der Waals surface area contributed by atoms with E-state index < -0.39 is 17.8 Å². The number of hydrazone groups is 1. The molecule has 12 heteroatoms. The van der Waals surface area contributed by atoms with Gasteiger partial charge in [0.1, 0.15) is 23.9 Å². The maximum atomic E-state index is 12.9. The van der Waals surface area contributed by atoms with Gasteiger partial charge in [-0.15, -0.1) is 0 Å². The molecule has 5 rings (SSSR count). The standard InChI is InChI=1S/C35H22Cl4N2O6/c36-26-9-1-22(2-10-26)34(43)46-30-16-8-24(32(18-30)47-35(44)23-3-11-27(37)12-4-23)19-40-41-33(42)21-6-14-29(15-7-21)45-20-25-5-13-28(38)17-31(25)39/h1-19H,20H2,(H,41,42)/b40-19+.